The molecule has 0 aromatic heterocycles. The molecule has 200 valence electrons. The van der Waals surface area contributed by atoms with Crippen LogP contribution >= 0.6 is 0 Å². The fraction of sp³-hybridized carbons (Fsp3) is 0.615. The summed E-state index contributed by atoms with van der Waals surface area (Å²) < 4.78 is 16.8. The highest BCUT2D eigenvalue weighted by atomic mass is 16.5. The first-order valence-electron chi connectivity index (χ1n) is 12.5. The fourth-order valence-corrected chi connectivity index (χ4v) is 4.97. The van der Waals surface area contributed by atoms with Gasteiger partial charge in [0.1, 0.15) is 18.8 Å². The van der Waals surface area contributed by atoms with Gasteiger partial charge in [-0.25, -0.2) is 0 Å². The summed E-state index contributed by atoms with van der Waals surface area (Å²) in [5.74, 6) is -0.589. The zero-order chi connectivity index (χ0) is 26.2. The Kier molecular flexibility index (Phi) is 10.1. The molecule has 1 aromatic carbocycles. The van der Waals surface area contributed by atoms with E-state index in [2.05, 4.69) is 12.2 Å². The molecule has 2 amide bonds. The van der Waals surface area contributed by atoms with Crippen molar-refractivity contribution in [2.75, 3.05) is 40.5 Å². The highest BCUT2D eigenvalue weighted by molar-refractivity contribution is 5.96. The third-order valence-corrected chi connectivity index (χ3v) is 6.70. The maximum atomic E-state index is 13.3. The lowest BCUT2D eigenvalue weighted by Gasteiger charge is -2.40. The van der Waals surface area contributed by atoms with Crippen LogP contribution in [0.15, 0.2) is 23.8 Å². The lowest BCUT2D eigenvalue weighted by Crippen LogP contribution is -2.56. The lowest BCUT2D eigenvalue weighted by molar-refractivity contribution is -0.141. The molecule has 0 saturated carbocycles. The summed E-state index contributed by atoms with van der Waals surface area (Å²) in [4.78, 5) is 27.8. The van der Waals surface area contributed by atoms with E-state index in [4.69, 9.17) is 14.2 Å². The van der Waals surface area contributed by atoms with Crippen LogP contribution in [0.5, 0.6) is 11.5 Å². The van der Waals surface area contributed by atoms with E-state index in [1.54, 1.807) is 23.1 Å². The van der Waals surface area contributed by atoms with Crippen molar-refractivity contribution >= 4 is 11.8 Å². The third kappa shape index (κ3) is 5.83. The number of carbonyl (C=O) groups is 2. The second kappa shape index (κ2) is 13.0. The summed E-state index contributed by atoms with van der Waals surface area (Å²) in [5.41, 5.74) is 1.52. The summed E-state index contributed by atoms with van der Waals surface area (Å²) in [7, 11) is 2.92. The van der Waals surface area contributed by atoms with Gasteiger partial charge in [0.15, 0.2) is 11.5 Å². The number of aliphatic hydroxyl groups is 3. The Morgan fingerprint density at radius 2 is 1.94 bits per heavy atom. The van der Waals surface area contributed by atoms with Gasteiger partial charge in [-0.15, -0.1) is 0 Å². The quantitative estimate of drug-likeness (QED) is 0.289. The number of unbranched alkanes of at least 4 members (excludes halogenated alkanes) is 3. The van der Waals surface area contributed by atoms with E-state index in [1.165, 1.54) is 14.2 Å². The average Bonchev–Trinajstić information content (AvgIpc) is 3.27. The molecule has 1 heterocycles. The standard InChI is InChI=1S/C26H38N2O8/c1-4-5-6-7-9-28(21(31)15-34-2)19-13-18(26(33)27-8-10-29)22-17-11-16(14-30)12-20(35-3)24(17)36-25(22)23(19)32/h11-13,19,22-23,25,29-30,32H,4-10,14-15H2,1-3H3,(H,27,33)/t19-,22+,23+,25+/m1/s1. The van der Waals surface area contributed by atoms with E-state index < -0.39 is 30.1 Å². The highest BCUT2D eigenvalue weighted by Gasteiger charge is 2.51. The molecule has 1 aliphatic carbocycles. The van der Waals surface area contributed by atoms with Gasteiger partial charge >= 0.3 is 0 Å². The first kappa shape index (κ1) is 27.9. The molecule has 2 aliphatic rings. The minimum absolute atomic E-state index is 0.0534. The van der Waals surface area contributed by atoms with Crippen molar-refractivity contribution in [3.63, 3.8) is 0 Å². The summed E-state index contributed by atoms with van der Waals surface area (Å²) in [6.07, 6.45) is 3.38. The van der Waals surface area contributed by atoms with Crippen molar-refractivity contribution in [3.05, 3.63) is 34.9 Å². The Morgan fingerprint density at radius 3 is 2.58 bits per heavy atom. The molecule has 36 heavy (non-hydrogen) atoms. The Bertz CT molecular complexity index is 950. The van der Waals surface area contributed by atoms with Crippen LogP contribution < -0.4 is 14.8 Å². The molecule has 1 aromatic rings. The Labute approximate surface area is 211 Å². The molecular formula is C26H38N2O8. The molecule has 10 nitrogen and oxygen atoms in total. The number of carbonyl (C=O) groups excluding carboxylic acids is 2. The zero-order valence-electron chi connectivity index (χ0n) is 21.2. The minimum Gasteiger partial charge on any atom is -0.493 e. The number of hydrogen-bond acceptors (Lipinski definition) is 8. The molecular weight excluding hydrogens is 468 g/mol. The van der Waals surface area contributed by atoms with Crippen LogP contribution in [-0.2, 0) is 20.9 Å². The van der Waals surface area contributed by atoms with Gasteiger partial charge in [0.25, 0.3) is 0 Å². The minimum atomic E-state index is -1.13. The van der Waals surface area contributed by atoms with E-state index in [-0.39, 0.29) is 32.3 Å². The Hall–Kier alpha value is -2.66. The second-order valence-electron chi connectivity index (χ2n) is 9.10. The van der Waals surface area contributed by atoms with Gasteiger partial charge in [0.2, 0.25) is 11.8 Å². The summed E-state index contributed by atoms with van der Waals surface area (Å²) in [5, 5.41) is 33.2. The van der Waals surface area contributed by atoms with Crippen molar-refractivity contribution in [3.8, 4) is 11.5 Å². The number of aliphatic hydroxyl groups excluding tert-OH is 3. The molecule has 0 bridgehead atoms. The van der Waals surface area contributed by atoms with E-state index in [1.807, 2.05) is 0 Å². The topological polar surface area (TPSA) is 138 Å². The molecule has 10 heteroatoms. The van der Waals surface area contributed by atoms with Crippen LogP contribution in [0, 0.1) is 0 Å². The van der Waals surface area contributed by atoms with Crippen LogP contribution in [0.3, 0.4) is 0 Å². The first-order valence-corrected chi connectivity index (χ1v) is 12.5. The monoisotopic (exact) mass is 506 g/mol. The molecule has 0 saturated heterocycles. The molecule has 0 radical (unpaired) electrons. The summed E-state index contributed by atoms with van der Waals surface area (Å²) in [6, 6.07) is 2.57. The molecule has 0 fully saturated rings. The second-order valence-corrected chi connectivity index (χ2v) is 9.10. The van der Waals surface area contributed by atoms with E-state index >= 15 is 0 Å². The fourth-order valence-electron chi connectivity index (χ4n) is 4.97. The van der Waals surface area contributed by atoms with Crippen molar-refractivity contribution in [1.82, 2.24) is 10.2 Å². The maximum absolute atomic E-state index is 13.3. The number of nitrogens with one attached hydrogen (secondary N) is 1. The molecule has 4 atom stereocenters. The predicted molar refractivity (Wildman–Crippen MR) is 132 cm³/mol. The molecule has 3 rings (SSSR count). The number of benzene rings is 1. The smallest absolute Gasteiger partial charge is 0.249 e. The van der Waals surface area contributed by atoms with Gasteiger partial charge < -0.3 is 39.7 Å². The number of nitrogens with zero attached hydrogens (tertiary/aromatic N) is 1. The van der Waals surface area contributed by atoms with E-state index in [0.717, 1.165) is 25.7 Å². The Morgan fingerprint density at radius 1 is 1.17 bits per heavy atom. The van der Waals surface area contributed by atoms with Crippen molar-refractivity contribution in [1.29, 1.82) is 0 Å². The van der Waals surface area contributed by atoms with Crippen LogP contribution in [0.4, 0.5) is 0 Å². The third-order valence-electron chi connectivity index (χ3n) is 6.70. The Balaban J connectivity index is 2.06. The van der Waals surface area contributed by atoms with Gasteiger partial charge in [-0.3, -0.25) is 9.59 Å². The molecule has 0 unspecified atom stereocenters. The zero-order valence-corrected chi connectivity index (χ0v) is 21.2. The summed E-state index contributed by atoms with van der Waals surface area (Å²) >= 11 is 0. The highest BCUT2D eigenvalue weighted by Crippen LogP contribution is 2.51. The average molecular weight is 507 g/mol. The number of fused-ring (bicyclic) bond motifs is 3. The van der Waals surface area contributed by atoms with Crippen LogP contribution in [0.2, 0.25) is 0 Å². The van der Waals surface area contributed by atoms with E-state index in [0.29, 0.717) is 34.7 Å². The largest absolute Gasteiger partial charge is 0.493 e. The SMILES string of the molecule is CCCCCCN(C(=O)COC)[C@@H]1C=C(C(=O)NCCO)[C@@H]2c3cc(CO)cc(OC)c3O[C@@H]2[C@H]1O. The number of hydrogen-bond donors (Lipinski definition) is 4. The maximum Gasteiger partial charge on any atom is 0.249 e. The molecule has 0 spiro atoms. The van der Waals surface area contributed by atoms with Gasteiger partial charge in [0, 0.05) is 31.3 Å². The van der Waals surface area contributed by atoms with Crippen LogP contribution in [0.25, 0.3) is 0 Å². The number of amides is 2. The predicted octanol–water partition coefficient (Wildman–Crippen LogP) is 0.865. The van der Waals surface area contributed by atoms with Crippen molar-refractivity contribution in [2.45, 2.75) is 63.4 Å². The van der Waals surface area contributed by atoms with Gasteiger partial charge in [-0.05, 0) is 30.2 Å². The first-order chi connectivity index (χ1) is 17.4. The number of rotatable bonds is 13. The van der Waals surface area contributed by atoms with Gasteiger partial charge in [0.05, 0.1) is 32.3 Å². The van der Waals surface area contributed by atoms with Crippen LogP contribution in [0.1, 0.15) is 49.7 Å². The van der Waals surface area contributed by atoms with E-state index in [9.17, 15) is 24.9 Å². The van der Waals surface area contributed by atoms with Crippen molar-refractivity contribution in [2.24, 2.45) is 0 Å². The molecule has 4 N–H and O–H groups in total. The number of methoxy groups -OCH3 is 2. The van der Waals surface area contributed by atoms with Crippen molar-refractivity contribution < 1.29 is 39.1 Å². The lowest BCUT2D eigenvalue weighted by atomic mass is 9.77. The summed E-state index contributed by atoms with van der Waals surface area (Å²) in [6.45, 7) is 1.93. The van der Waals surface area contributed by atoms with Gasteiger partial charge in [-0.1, -0.05) is 26.2 Å². The molecule has 1 aliphatic heterocycles. The van der Waals surface area contributed by atoms with Crippen LogP contribution in [-0.4, -0.2) is 90.8 Å². The number of ether oxygens (including phenoxy) is 3. The van der Waals surface area contributed by atoms with Gasteiger partial charge in [-0.2, -0.15) is 0 Å². The normalized spacial score (nSPS) is 22.2.